The zero-order valence-corrected chi connectivity index (χ0v) is 14.6. The second-order valence-corrected chi connectivity index (χ2v) is 6.68. The van der Waals surface area contributed by atoms with Crippen LogP contribution in [0.5, 0.6) is 5.75 Å². The van der Waals surface area contributed by atoms with Crippen molar-refractivity contribution in [3.05, 3.63) is 54.0 Å². The van der Waals surface area contributed by atoms with Gasteiger partial charge in [-0.2, -0.15) is 0 Å². The fourth-order valence-corrected chi connectivity index (χ4v) is 2.16. The van der Waals surface area contributed by atoms with Crippen LogP contribution in [0.2, 0.25) is 0 Å². The van der Waals surface area contributed by atoms with Crippen LogP contribution in [0.1, 0.15) is 32.1 Å². The number of anilines is 1. The Morgan fingerprint density at radius 3 is 2.67 bits per heavy atom. The highest BCUT2D eigenvalue weighted by Gasteiger charge is 2.16. The fraction of sp³-hybridized carbons (Fsp3) is 0.222. The lowest BCUT2D eigenvalue weighted by molar-refractivity contribution is -0.115. The Morgan fingerprint density at radius 1 is 1.29 bits per heavy atom. The quantitative estimate of drug-likeness (QED) is 0.448. The van der Waals surface area contributed by atoms with E-state index in [1.165, 1.54) is 18.4 Å². The van der Waals surface area contributed by atoms with Crippen LogP contribution in [0.3, 0.4) is 0 Å². The molecule has 0 aliphatic rings. The van der Waals surface area contributed by atoms with E-state index < -0.39 is 5.91 Å². The highest BCUT2D eigenvalue weighted by atomic mass is 32.1. The smallest absolute Gasteiger partial charge is 0.250 e. The Balaban J connectivity index is 2.00. The van der Waals surface area contributed by atoms with E-state index in [4.69, 9.17) is 16.6 Å². The summed E-state index contributed by atoms with van der Waals surface area (Å²) >= 11 is 5.11. The van der Waals surface area contributed by atoms with E-state index in [1.54, 1.807) is 18.2 Å². The van der Waals surface area contributed by atoms with E-state index in [0.29, 0.717) is 11.4 Å². The molecule has 3 N–H and O–H groups in total. The van der Waals surface area contributed by atoms with Crippen LogP contribution in [0.15, 0.2) is 47.1 Å². The summed E-state index contributed by atoms with van der Waals surface area (Å²) in [6.07, 6.45) is 4.38. The predicted octanol–water partition coefficient (Wildman–Crippen LogP) is 3.81. The van der Waals surface area contributed by atoms with Gasteiger partial charge in [0.1, 0.15) is 11.5 Å². The number of hydrogen-bond acceptors (Lipinski definition) is 4. The third kappa shape index (κ3) is 4.96. The maximum absolute atomic E-state index is 11.8. The minimum Gasteiger partial charge on any atom is -0.506 e. The molecule has 126 valence electrons. The molecule has 6 heteroatoms. The van der Waals surface area contributed by atoms with Gasteiger partial charge in [0.05, 0.1) is 12.0 Å². The standard InChI is InChI=1S/C18H20N2O3S/c1-18(2,3)12-6-8-15(21)14(11-12)19-17(24)20-16(22)9-7-13-5-4-10-23-13/h4-11,21H,1-3H3,(H2,19,20,22,24)/b9-7+. The van der Waals surface area contributed by atoms with Crippen molar-refractivity contribution in [3.8, 4) is 5.75 Å². The van der Waals surface area contributed by atoms with Crippen molar-refractivity contribution < 1.29 is 14.3 Å². The molecule has 0 saturated carbocycles. The van der Waals surface area contributed by atoms with Crippen molar-refractivity contribution in [1.29, 1.82) is 0 Å². The van der Waals surface area contributed by atoms with Crippen LogP contribution < -0.4 is 10.6 Å². The van der Waals surface area contributed by atoms with Gasteiger partial charge in [0.25, 0.3) is 0 Å². The number of furan rings is 1. The van der Waals surface area contributed by atoms with Crippen molar-refractivity contribution in [1.82, 2.24) is 5.32 Å². The Kier molecular flexibility index (Phi) is 5.41. The third-order valence-electron chi connectivity index (χ3n) is 3.29. The number of carbonyl (C=O) groups excluding carboxylic acids is 1. The molecule has 5 nitrogen and oxygen atoms in total. The number of aromatic hydroxyl groups is 1. The van der Waals surface area contributed by atoms with E-state index in [1.807, 2.05) is 12.1 Å². The molecule has 24 heavy (non-hydrogen) atoms. The molecule has 0 radical (unpaired) electrons. The summed E-state index contributed by atoms with van der Waals surface area (Å²) in [4.78, 5) is 11.8. The molecule has 2 aromatic rings. The number of nitrogens with one attached hydrogen (secondary N) is 2. The molecule has 0 saturated heterocycles. The van der Waals surface area contributed by atoms with Gasteiger partial charge >= 0.3 is 0 Å². The minimum atomic E-state index is -0.393. The maximum atomic E-state index is 11.8. The summed E-state index contributed by atoms with van der Waals surface area (Å²) in [6, 6.07) is 8.73. The number of hydrogen-bond donors (Lipinski definition) is 3. The molecule has 0 fully saturated rings. The molecular formula is C18H20N2O3S. The number of rotatable bonds is 3. The van der Waals surface area contributed by atoms with E-state index in [9.17, 15) is 9.90 Å². The molecule has 1 heterocycles. The lowest BCUT2D eigenvalue weighted by Crippen LogP contribution is -2.32. The van der Waals surface area contributed by atoms with Gasteiger partial charge in [-0.15, -0.1) is 0 Å². The monoisotopic (exact) mass is 344 g/mol. The summed E-state index contributed by atoms with van der Waals surface area (Å²) in [6.45, 7) is 6.22. The summed E-state index contributed by atoms with van der Waals surface area (Å²) in [7, 11) is 0. The summed E-state index contributed by atoms with van der Waals surface area (Å²) in [5, 5.41) is 15.4. The van der Waals surface area contributed by atoms with Crippen molar-refractivity contribution in [2.75, 3.05) is 5.32 Å². The van der Waals surface area contributed by atoms with E-state index in [2.05, 4.69) is 31.4 Å². The van der Waals surface area contributed by atoms with Crippen LogP contribution in [0.4, 0.5) is 5.69 Å². The largest absolute Gasteiger partial charge is 0.506 e. The lowest BCUT2D eigenvalue weighted by atomic mass is 9.87. The highest BCUT2D eigenvalue weighted by molar-refractivity contribution is 7.80. The molecule has 0 aliphatic carbocycles. The second-order valence-electron chi connectivity index (χ2n) is 6.27. The van der Waals surface area contributed by atoms with Gasteiger partial charge in [0.2, 0.25) is 5.91 Å². The molecule has 1 amide bonds. The number of phenolic OH excluding ortho intramolecular Hbond substituents is 1. The normalized spacial score (nSPS) is 11.5. The molecule has 0 atom stereocenters. The van der Waals surface area contributed by atoms with Crippen LogP contribution in [-0.4, -0.2) is 16.1 Å². The van der Waals surface area contributed by atoms with Crippen molar-refractivity contribution in [2.24, 2.45) is 0 Å². The second kappa shape index (κ2) is 7.31. The average molecular weight is 344 g/mol. The van der Waals surface area contributed by atoms with Gasteiger partial charge in [-0.05, 0) is 53.5 Å². The summed E-state index contributed by atoms with van der Waals surface area (Å²) < 4.78 is 5.10. The third-order valence-corrected chi connectivity index (χ3v) is 3.49. The molecule has 0 aliphatic heterocycles. The first-order valence-corrected chi connectivity index (χ1v) is 7.83. The lowest BCUT2D eigenvalue weighted by Gasteiger charge is -2.20. The van der Waals surface area contributed by atoms with Crippen molar-refractivity contribution in [3.63, 3.8) is 0 Å². The Labute approximate surface area is 146 Å². The molecule has 0 bridgehead atoms. The van der Waals surface area contributed by atoms with E-state index in [-0.39, 0.29) is 16.3 Å². The Morgan fingerprint density at radius 2 is 2.04 bits per heavy atom. The Bertz CT molecular complexity index is 759. The fourth-order valence-electron chi connectivity index (χ4n) is 1.95. The average Bonchev–Trinajstić information content (AvgIpc) is 2.99. The topological polar surface area (TPSA) is 74.5 Å². The summed E-state index contributed by atoms with van der Waals surface area (Å²) in [5.74, 6) is 0.237. The van der Waals surface area contributed by atoms with Crippen LogP contribution in [0.25, 0.3) is 6.08 Å². The number of carbonyl (C=O) groups is 1. The van der Waals surface area contributed by atoms with E-state index >= 15 is 0 Å². The number of benzene rings is 1. The summed E-state index contributed by atoms with van der Waals surface area (Å²) in [5.41, 5.74) is 1.42. The first kappa shape index (κ1) is 17.7. The predicted molar refractivity (Wildman–Crippen MR) is 98.9 cm³/mol. The first-order chi connectivity index (χ1) is 11.3. The first-order valence-electron chi connectivity index (χ1n) is 7.43. The SMILES string of the molecule is CC(C)(C)c1ccc(O)c(NC(=S)NC(=O)/C=C/c2ccco2)c1. The Hall–Kier alpha value is -2.60. The number of amides is 1. The minimum absolute atomic E-state index is 0.0609. The van der Waals surface area contributed by atoms with Gasteiger partial charge in [0.15, 0.2) is 5.11 Å². The maximum Gasteiger partial charge on any atom is 0.250 e. The zero-order chi connectivity index (χ0) is 17.7. The molecule has 2 rings (SSSR count). The van der Waals surface area contributed by atoms with Crippen LogP contribution >= 0.6 is 12.2 Å². The van der Waals surface area contributed by atoms with Crippen molar-refractivity contribution >= 4 is 35.0 Å². The molecule has 1 aromatic carbocycles. The number of phenols is 1. The van der Waals surface area contributed by atoms with Gasteiger partial charge < -0.3 is 14.8 Å². The van der Waals surface area contributed by atoms with Gasteiger partial charge in [-0.1, -0.05) is 26.8 Å². The molecule has 0 unspecified atom stereocenters. The van der Waals surface area contributed by atoms with Gasteiger partial charge in [0, 0.05) is 6.08 Å². The van der Waals surface area contributed by atoms with Crippen LogP contribution in [0, 0.1) is 0 Å². The van der Waals surface area contributed by atoms with Crippen LogP contribution in [-0.2, 0) is 10.2 Å². The zero-order valence-electron chi connectivity index (χ0n) is 13.8. The van der Waals surface area contributed by atoms with Crippen molar-refractivity contribution in [2.45, 2.75) is 26.2 Å². The van der Waals surface area contributed by atoms with E-state index in [0.717, 1.165) is 5.56 Å². The molecule has 1 aromatic heterocycles. The molecule has 0 spiro atoms. The highest BCUT2D eigenvalue weighted by Crippen LogP contribution is 2.30. The van der Waals surface area contributed by atoms with Gasteiger partial charge in [-0.25, -0.2) is 0 Å². The number of thiocarbonyl (C=S) groups is 1. The van der Waals surface area contributed by atoms with Gasteiger partial charge in [-0.3, -0.25) is 10.1 Å². The molecular weight excluding hydrogens is 324 g/mol.